The van der Waals surface area contributed by atoms with E-state index in [1.807, 2.05) is 24.4 Å². The lowest BCUT2D eigenvalue weighted by Crippen LogP contribution is -2.41. The maximum absolute atomic E-state index is 10.6. The van der Waals surface area contributed by atoms with Gasteiger partial charge in [-0.25, -0.2) is 4.52 Å². The molecule has 2 heterocycles. The van der Waals surface area contributed by atoms with Crippen molar-refractivity contribution in [2.24, 2.45) is 5.92 Å². The fourth-order valence-electron chi connectivity index (χ4n) is 2.94. The molecule has 2 atom stereocenters. The monoisotopic (exact) mass is 260 g/mol. The predicted molar refractivity (Wildman–Crippen MR) is 74.1 cm³/mol. The Morgan fingerprint density at radius 1 is 1.53 bits per heavy atom. The second-order valence-corrected chi connectivity index (χ2v) is 5.72. The number of hydrogen-bond acceptors (Lipinski definition) is 4. The van der Waals surface area contributed by atoms with Gasteiger partial charge in [-0.05, 0) is 30.9 Å². The molecule has 1 fully saturated rings. The van der Waals surface area contributed by atoms with Crippen LogP contribution in [0.15, 0.2) is 24.4 Å². The molecule has 0 aliphatic heterocycles. The number of nitrogens with one attached hydrogen (secondary N) is 1. The molecule has 2 N–H and O–H groups in total. The number of rotatable bonds is 3. The first-order valence-electron chi connectivity index (χ1n) is 6.92. The van der Waals surface area contributed by atoms with Crippen LogP contribution in [0.1, 0.15) is 32.6 Å². The van der Waals surface area contributed by atoms with E-state index < -0.39 is 5.60 Å². The van der Waals surface area contributed by atoms with Crippen molar-refractivity contribution in [2.45, 2.75) is 38.2 Å². The molecule has 2 aromatic heterocycles. The van der Waals surface area contributed by atoms with Crippen molar-refractivity contribution in [3.8, 4) is 0 Å². The normalized spacial score (nSPS) is 27.6. The van der Waals surface area contributed by atoms with Crippen LogP contribution in [0.25, 0.3) is 5.65 Å². The molecule has 0 aromatic carbocycles. The number of nitrogens with zero attached hydrogens (tertiary/aromatic N) is 3. The average Bonchev–Trinajstić information content (AvgIpc) is 2.79. The van der Waals surface area contributed by atoms with E-state index in [4.69, 9.17) is 0 Å². The molecule has 3 rings (SSSR count). The highest BCUT2D eigenvalue weighted by molar-refractivity contribution is 5.42. The minimum absolute atomic E-state index is 0.522. The van der Waals surface area contributed by atoms with Crippen LogP contribution in [-0.2, 0) is 0 Å². The quantitative estimate of drug-likeness (QED) is 0.887. The summed E-state index contributed by atoms with van der Waals surface area (Å²) in [5.74, 6) is 1.17. The van der Waals surface area contributed by atoms with Gasteiger partial charge in [-0.15, -0.1) is 5.10 Å². The molecule has 102 valence electrons. The summed E-state index contributed by atoms with van der Waals surface area (Å²) in [5, 5.41) is 18.1. The van der Waals surface area contributed by atoms with E-state index in [0.29, 0.717) is 18.4 Å². The highest BCUT2D eigenvalue weighted by Gasteiger charge is 2.32. The van der Waals surface area contributed by atoms with Crippen molar-refractivity contribution < 1.29 is 5.11 Å². The van der Waals surface area contributed by atoms with Crippen molar-refractivity contribution in [1.29, 1.82) is 0 Å². The zero-order valence-corrected chi connectivity index (χ0v) is 11.2. The Morgan fingerprint density at radius 2 is 2.42 bits per heavy atom. The van der Waals surface area contributed by atoms with Gasteiger partial charge < -0.3 is 10.4 Å². The zero-order valence-electron chi connectivity index (χ0n) is 11.2. The maximum Gasteiger partial charge on any atom is 0.243 e. The molecule has 1 aliphatic rings. The summed E-state index contributed by atoms with van der Waals surface area (Å²) in [4.78, 5) is 4.38. The number of pyridine rings is 1. The molecule has 5 nitrogen and oxygen atoms in total. The van der Waals surface area contributed by atoms with Gasteiger partial charge in [0.25, 0.3) is 0 Å². The summed E-state index contributed by atoms with van der Waals surface area (Å²) >= 11 is 0. The molecule has 5 heteroatoms. The van der Waals surface area contributed by atoms with Crippen LogP contribution in [0, 0.1) is 5.92 Å². The Labute approximate surface area is 112 Å². The van der Waals surface area contributed by atoms with Gasteiger partial charge in [-0.1, -0.05) is 25.8 Å². The molecule has 0 saturated heterocycles. The molecule has 0 amide bonds. The van der Waals surface area contributed by atoms with E-state index in [9.17, 15) is 5.11 Å². The van der Waals surface area contributed by atoms with E-state index in [1.54, 1.807) is 4.52 Å². The fraction of sp³-hybridized carbons (Fsp3) is 0.571. The highest BCUT2D eigenvalue weighted by atomic mass is 16.3. The molecule has 0 radical (unpaired) electrons. The Kier molecular flexibility index (Phi) is 3.14. The minimum atomic E-state index is -0.616. The van der Waals surface area contributed by atoms with Gasteiger partial charge in [0.15, 0.2) is 5.65 Å². The predicted octanol–water partition coefficient (Wildman–Crippen LogP) is 2.08. The lowest BCUT2D eigenvalue weighted by Gasteiger charge is -2.35. The van der Waals surface area contributed by atoms with Gasteiger partial charge in [0.2, 0.25) is 5.95 Å². The van der Waals surface area contributed by atoms with Crippen LogP contribution < -0.4 is 5.32 Å². The second kappa shape index (κ2) is 4.81. The maximum atomic E-state index is 10.6. The van der Waals surface area contributed by atoms with Crippen molar-refractivity contribution in [3.05, 3.63) is 24.4 Å². The molecule has 0 spiro atoms. The smallest absolute Gasteiger partial charge is 0.243 e. The minimum Gasteiger partial charge on any atom is -0.388 e. The van der Waals surface area contributed by atoms with Crippen LogP contribution in [0.3, 0.4) is 0 Å². The molecule has 1 saturated carbocycles. The van der Waals surface area contributed by atoms with Crippen LogP contribution in [0.5, 0.6) is 0 Å². The van der Waals surface area contributed by atoms with Gasteiger partial charge in [0.1, 0.15) is 0 Å². The Balaban J connectivity index is 1.68. The van der Waals surface area contributed by atoms with E-state index >= 15 is 0 Å². The second-order valence-electron chi connectivity index (χ2n) is 5.72. The van der Waals surface area contributed by atoms with Gasteiger partial charge in [-0.2, -0.15) is 4.98 Å². The third-order valence-electron chi connectivity index (χ3n) is 3.88. The van der Waals surface area contributed by atoms with Crippen molar-refractivity contribution >= 4 is 11.6 Å². The number of hydrogen-bond donors (Lipinski definition) is 2. The van der Waals surface area contributed by atoms with Crippen molar-refractivity contribution in [2.75, 3.05) is 11.9 Å². The van der Waals surface area contributed by atoms with Gasteiger partial charge in [0, 0.05) is 12.7 Å². The third-order valence-corrected chi connectivity index (χ3v) is 3.88. The van der Waals surface area contributed by atoms with Crippen LogP contribution >= 0.6 is 0 Å². The van der Waals surface area contributed by atoms with Crippen molar-refractivity contribution in [1.82, 2.24) is 14.6 Å². The standard InChI is InChI=1S/C14H20N4O/c1-11-5-4-7-14(19,9-11)10-15-13-16-12-6-2-3-8-18(12)17-13/h2-3,6,8,11,19H,4-5,7,9-10H2,1H3,(H,15,17). The first-order chi connectivity index (χ1) is 9.15. The summed E-state index contributed by atoms with van der Waals surface area (Å²) in [5.41, 5.74) is 0.198. The van der Waals surface area contributed by atoms with E-state index in [1.165, 1.54) is 6.42 Å². The first kappa shape index (κ1) is 12.4. The van der Waals surface area contributed by atoms with Gasteiger partial charge in [0.05, 0.1) is 5.60 Å². The van der Waals surface area contributed by atoms with E-state index in [-0.39, 0.29) is 0 Å². The molecule has 19 heavy (non-hydrogen) atoms. The lowest BCUT2D eigenvalue weighted by atomic mass is 9.79. The number of aliphatic hydroxyl groups is 1. The van der Waals surface area contributed by atoms with Crippen LogP contribution in [0.2, 0.25) is 0 Å². The van der Waals surface area contributed by atoms with Gasteiger partial charge in [-0.3, -0.25) is 0 Å². The zero-order chi connectivity index (χ0) is 13.3. The van der Waals surface area contributed by atoms with E-state index in [0.717, 1.165) is 24.9 Å². The first-order valence-corrected chi connectivity index (χ1v) is 6.92. The number of aromatic nitrogens is 3. The summed E-state index contributed by atoms with van der Waals surface area (Å²) in [7, 11) is 0. The average molecular weight is 260 g/mol. The Bertz CT molecular complexity index is 534. The number of fused-ring (bicyclic) bond motifs is 1. The summed E-state index contributed by atoms with van der Waals surface area (Å²) in [6.45, 7) is 2.72. The van der Waals surface area contributed by atoms with Crippen LogP contribution in [0.4, 0.5) is 5.95 Å². The molecular formula is C14H20N4O. The molecular weight excluding hydrogens is 240 g/mol. The highest BCUT2D eigenvalue weighted by Crippen LogP contribution is 2.32. The molecule has 0 bridgehead atoms. The summed E-state index contributed by atoms with van der Waals surface area (Å²) in [6, 6.07) is 5.77. The van der Waals surface area contributed by atoms with Crippen LogP contribution in [-0.4, -0.2) is 31.9 Å². The third kappa shape index (κ3) is 2.71. The largest absolute Gasteiger partial charge is 0.388 e. The van der Waals surface area contributed by atoms with Gasteiger partial charge >= 0.3 is 0 Å². The fourth-order valence-corrected chi connectivity index (χ4v) is 2.94. The molecule has 1 aliphatic carbocycles. The van der Waals surface area contributed by atoms with E-state index in [2.05, 4.69) is 22.3 Å². The Morgan fingerprint density at radius 3 is 3.21 bits per heavy atom. The topological polar surface area (TPSA) is 62.5 Å². The van der Waals surface area contributed by atoms with Crippen molar-refractivity contribution in [3.63, 3.8) is 0 Å². The number of anilines is 1. The summed E-state index contributed by atoms with van der Waals surface area (Å²) < 4.78 is 1.73. The SMILES string of the molecule is CC1CCCC(O)(CNc2nc3ccccn3n2)C1. The summed E-state index contributed by atoms with van der Waals surface area (Å²) in [6.07, 6.45) is 5.89. The molecule has 2 unspecified atom stereocenters. The molecule has 2 aromatic rings. The lowest BCUT2D eigenvalue weighted by molar-refractivity contribution is -0.000891. The Hall–Kier alpha value is -1.62.